The largest absolute Gasteiger partial charge is 0.276 e. The summed E-state index contributed by atoms with van der Waals surface area (Å²) in [6.07, 6.45) is 4.48. The maximum atomic E-state index is 11.1. The first-order valence-corrected chi connectivity index (χ1v) is 8.90. The van der Waals surface area contributed by atoms with Crippen LogP contribution in [0, 0.1) is 0 Å². The lowest BCUT2D eigenvalue weighted by atomic mass is 9.76. The Bertz CT molecular complexity index is 662. The van der Waals surface area contributed by atoms with Crippen molar-refractivity contribution < 1.29 is 9.59 Å². The van der Waals surface area contributed by atoms with Crippen LogP contribution in [0.3, 0.4) is 0 Å². The Morgan fingerprint density at radius 1 is 0.625 bits per heavy atom. The van der Waals surface area contributed by atoms with E-state index in [0.717, 1.165) is 25.7 Å². The van der Waals surface area contributed by atoms with Crippen molar-refractivity contribution in [3.63, 3.8) is 0 Å². The molecule has 0 heterocycles. The quantitative estimate of drug-likeness (QED) is 0.637. The Hall–Kier alpha value is -1.64. The van der Waals surface area contributed by atoms with E-state index in [1.54, 1.807) is 24.3 Å². The van der Waals surface area contributed by atoms with Crippen LogP contribution >= 0.6 is 23.2 Å². The maximum absolute atomic E-state index is 11.1. The Labute approximate surface area is 151 Å². The van der Waals surface area contributed by atoms with Crippen molar-refractivity contribution in [2.75, 3.05) is 0 Å². The van der Waals surface area contributed by atoms with E-state index in [0.29, 0.717) is 23.0 Å². The Kier molecular flexibility index (Phi) is 5.37. The Balaban J connectivity index is 1.62. The predicted molar refractivity (Wildman–Crippen MR) is 97.2 cm³/mol. The van der Waals surface area contributed by atoms with E-state index in [1.807, 2.05) is 24.3 Å². The zero-order valence-corrected chi connectivity index (χ0v) is 14.7. The van der Waals surface area contributed by atoms with Gasteiger partial charge in [-0.3, -0.25) is 9.59 Å². The molecule has 1 aliphatic rings. The second kappa shape index (κ2) is 7.50. The van der Waals surface area contributed by atoms with Crippen LogP contribution < -0.4 is 0 Å². The molecule has 0 radical (unpaired) electrons. The van der Waals surface area contributed by atoms with Crippen molar-refractivity contribution in [2.24, 2.45) is 0 Å². The predicted octanol–water partition coefficient (Wildman–Crippen LogP) is 5.89. The first kappa shape index (κ1) is 17.2. The van der Waals surface area contributed by atoms with Crippen molar-refractivity contribution in [3.8, 4) is 0 Å². The van der Waals surface area contributed by atoms with Crippen LogP contribution in [0.2, 0.25) is 0 Å². The van der Waals surface area contributed by atoms with E-state index in [9.17, 15) is 9.59 Å². The lowest BCUT2D eigenvalue weighted by Crippen LogP contribution is -2.12. The zero-order chi connectivity index (χ0) is 17.1. The molecule has 24 heavy (non-hydrogen) atoms. The van der Waals surface area contributed by atoms with Gasteiger partial charge in [-0.1, -0.05) is 24.3 Å². The van der Waals surface area contributed by atoms with Gasteiger partial charge < -0.3 is 0 Å². The van der Waals surface area contributed by atoms with Gasteiger partial charge in [-0.25, -0.2) is 0 Å². The van der Waals surface area contributed by atoms with Crippen LogP contribution in [-0.2, 0) is 0 Å². The average Bonchev–Trinajstić information content (AvgIpc) is 2.62. The molecule has 1 saturated carbocycles. The standard InChI is InChI=1S/C20H18Cl2O2/c21-19(23)17-9-5-15(6-10-17)13-1-2-14(4-3-13)16-7-11-18(12-8-16)20(22)24/h5-14H,1-4H2. The molecular formula is C20H18Cl2O2. The first-order valence-electron chi connectivity index (χ1n) is 8.14. The van der Waals surface area contributed by atoms with Crippen LogP contribution in [0.25, 0.3) is 0 Å². The molecule has 124 valence electrons. The summed E-state index contributed by atoms with van der Waals surface area (Å²) in [6, 6.07) is 15.3. The number of hydrogen-bond acceptors (Lipinski definition) is 2. The van der Waals surface area contributed by atoms with Crippen LogP contribution in [0.1, 0.15) is 69.4 Å². The van der Waals surface area contributed by atoms with Crippen molar-refractivity contribution >= 4 is 33.7 Å². The molecule has 0 unspecified atom stereocenters. The molecule has 4 heteroatoms. The van der Waals surface area contributed by atoms with Crippen molar-refractivity contribution in [2.45, 2.75) is 37.5 Å². The zero-order valence-electron chi connectivity index (χ0n) is 13.2. The van der Waals surface area contributed by atoms with E-state index < -0.39 is 10.5 Å². The minimum Gasteiger partial charge on any atom is -0.276 e. The van der Waals surface area contributed by atoms with Crippen molar-refractivity contribution in [1.29, 1.82) is 0 Å². The summed E-state index contributed by atoms with van der Waals surface area (Å²) in [4.78, 5) is 22.3. The van der Waals surface area contributed by atoms with Crippen LogP contribution in [0.15, 0.2) is 48.5 Å². The molecule has 0 aliphatic heterocycles. The summed E-state index contributed by atoms with van der Waals surface area (Å²) in [7, 11) is 0. The summed E-state index contributed by atoms with van der Waals surface area (Å²) in [5, 5.41) is -0.826. The smallest absolute Gasteiger partial charge is 0.252 e. The van der Waals surface area contributed by atoms with Gasteiger partial charge >= 0.3 is 0 Å². The van der Waals surface area contributed by atoms with E-state index in [1.165, 1.54) is 11.1 Å². The number of hydrogen-bond donors (Lipinski definition) is 0. The molecule has 0 amide bonds. The summed E-state index contributed by atoms with van der Waals surface area (Å²) < 4.78 is 0. The molecule has 0 spiro atoms. The van der Waals surface area contributed by atoms with Gasteiger partial charge in [0.1, 0.15) is 0 Å². The van der Waals surface area contributed by atoms with E-state index in [-0.39, 0.29) is 0 Å². The molecule has 0 saturated heterocycles. The van der Waals surface area contributed by atoms with Crippen LogP contribution in [0.4, 0.5) is 0 Å². The second-order valence-electron chi connectivity index (χ2n) is 6.34. The second-order valence-corrected chi connectivity index (χ2v) is 7.03. The highest BCUT2D eigenvalue weighted by atomic mass is 35.5. The molecule has 0 bridgehead atoms. The molecule has 2 aromatic rings. The Morgan fingerprint density at radius 2 is 0.917 bits per heavy atom. The molecule has 0 atom stereocenters. The summed E-state index contributed by atoms with van der Waals surface area (Å²) >= 11 is 11.0. The highest BCUT2D eigenvalue weighted by Gasteiger charge is 2.23. The summed E-state index contributed by atoms with van der Waals surface area (Å²) in [5.74, 6) is 1.06. The molecule has 2 aromatic carbocycles. The minimum atomic E-state index is -0.413. The molecule has 1 aliphatic carbocycles. The van der Waals surface area contributed by atoms with E-state index in [4.69, 9.17) is 23.2 Å². The van der Waals surface area contributed by atoms with Gasteiger partial charge in [0.05, 0.1) is 0 Å². The lowest BCUT2D eigenvalue weighted by Gasteiger charge is -2.29. The molecule has 3 rings (SSSR count). The topological polar surface area (TPSA) is 34.1 Å². The number of rotatable bonds is 4. The molecule has 0 aromatic heterocycles. The van der Waals surface area contributed by atoms with Gasteiger partial charge in [0.15, 0.2) is 0 Å². The average molecular weight is 361 g/mol. The van der Waals surface area contributed by atoms with Gasteiger partial charge in [-0.15, -0.1) is 0 Å². The fraction of sp³-hybridized carbons (Fsp3) is 0.300. The number of carbonyl (C=O) groups excluding carboxylic acids is 2. The fourth-order valence-electron chi connectivity index (χ4n) is 3.53. The van der Waals surface area contributed by atoms with Gasteiger partial charge in [0.25, 0.3) is 10.5 Å². The highest BCUT2D eigenvalue weighted by Crippen LogP contribution is 2.40. The lowest BCUT2D eigenvalue weighted by molar-refractivity contribution is 0.107. The van der Waals surface area contributed by atoms with Crippen LogP contribution in [0.5, 0.6) is 0 Å². The third-order valence-electron chi connectivity index (χ3n) is 4.95. The van der Waals surface area contributed by atoms with Gasteiger partial charge in [0, 0.05) is 11.1 Å². The van der Waals surface area contributed by atoms with Gasteiger partial charge in [0.2, 0.25) is 0 Å². The normalized spacial score (nSPS) is 20.6. The summed E-state index contributed by atoms with van der Waals surface area (Å²) in [6.45, 7) is 0. The number of carbonyl (C=O) groups is 2. The Morgan fingerprint density at radius 3 is 1.17 bits per heavy atom. The van der Waals surface area contributed by atoms with Gasteiger partial charge in [-0.05, 0) is 96.1 Å². The third kappa shape index (κ3) is 3.88. The third-order valence-corrected chi connectivity index (χ3v) is 5.38. The number of benzene rings is 2. The minimum absolute atomic E-state index is 0.413. The monoisotopic (exact) mass is 360 g/mol. The van der Waals surface area contributed by atoms with E-state index >= 15 is 0 Å². The molecule has 0 N–H and O–H groups in total. The first-order chi connectivity index (χ1) is 11.5. The molecule has 1 fully saturated rings. The fourth-order valence-corrected chi connectivity index (χ4v) is 3.78. The summed E-state index contributed by atoms with van der Waals surface area (Å²) in [5.41, 5.74) is 3.64. The van der Waals surface area contributed by atoms with Gasteiger partial charge in [-0.2, -0.15) is 0 Å². The van der Waals surface area contributed by atoms with Crippen LogP contribution in [-0.4, -0.2) is 10.5 Å². The highest BCUT2D eigenvalue weighted by molar-refractivity contribution is 6.68. The van der Waals surface area contributed by atoms with Crippen molar-refractivity contribution in [1.82, 2.24) is 0 Å². The molecule has 2 nitrogen and oxygen atoms in total. The van der Waals surface area contributed by atoms with Crippen molar-refractivity contribution in [3.05, 3.63) is 70.8 Å². The van der Waals surface area contributed by atoms with E-state index in [2.05, 4.69) is 0 Å². The molecular weight excluding hydrogens is 343 g/mol. The number of halogens is 2. The maximum Gasteiger partial charge on any atom is 0.252 e. The SMILES string of the molecule is O=C(Cl)c1ccc(C2CCC(c3ccc(C(=O)Cl)cc3)CC2)cc1.